The summed E-state index contributed by atoms with van der Waals surface area (Å²) in [5.41, 5.74) is 7.09. The summed E-state index contributed by atoms with van der Waals surface area (Å²) in [5.74, 6) is 0.184. The monoisotopic (exact) mass is 349 g/mol. The zero-order chi connectivity index (χ0) is 18.3. The summed E-state index contributed by atoms with van der Waals surface area (Å²) in [6.07, 6.45) is 4.49. The van der Waals surface area contributed by atoms with Gasteiger partial charge in [0.2, 0.25) is 0 Å². The first-order valence-electron chi connectivity index (χ1n) is 9.54. The van der Waals surface area contributed by atoms with Gasteiger partial charge in [0.1, 0.15) is 0 Å². The first kappa shape index (κ1) is 20.4. The molecule has 0 aliphatic heterocycles. The number of aryl methyl sites for hydroxylation is 1. The van der Waals surface area contributed by atoms with Gasteiger partial charge in [-0.3, -0.25) is 0 Å². The van der Waals surface area contributed by atoms with Gasteiger partial charge in [-0.25, -0.2) is 0 Å². The van der Waals surface area contributed by atoms with Crippen LogP contribution in [0.1, 0.15) is 45.1 Å². The van der Waals surface area contributed by atoms with Gasteiger partial charge in [-0.05, 0) is 43.1 Å². The summed E-state index contributed by atoms with van der Waals surface area (Å²) in [5, 5.41) is 10.1. The lowest BCUT2D eigenvalue weighted by Crippen LogP contribution is -2.50. The van der Waals surface area contributed by atoms with Gasteiger partial charge in [-0.1, -0.05) is 44.2 Å². The minimum Gasteiger partial charge on any atom is -0.392 e. The fourth-order valence-corrected chi connectivity index (χ4v) is 4.19. The van der Waals surface area contributed by atoms with E-state index in [-0.39, 0.29) is 30.1 Å². The molecule has 4 nitrogen and oxygen atoms in total. The van der Waals surface area contributed by atoms with E-state index in [2.05, 4.69) is 38.1 Å². The molecule has 2 rings (SSSR count). The first-order valence-corrected chi connectivity index (χ1v) is 9.54. The van der Waals surface area contributed by atoms with Gasteiger partial charge < -0.3 is 20.3 Å². The van der Waals surface area contributed by atoms with Crippen molar-refractivity contribution in [2.24, 2.45) is 17.1 Å². The molecule has 1 unspecified atom stereocenters. The van der Waals surface area contributed by atoms with Crippen LogP contribution in [-0.4, -0.2) is 43.7 Å². The van der Waals surface area contributed by atoms with E-state index < -0.39 is 6.10 Å². The fraction of sp³-hybridized carbons (Fsp3) is 0.714. The van der Waals surface area contributed by atoms with Gasteiger partial charge in [0.15, 0.2) is 0 Å². The molecule has 1 aliphatic carbocycles. The Kier molecular flexibility index (Phi) is 7.88. The topological polar surface area (TPSA) is 64.7 Å². The lowest BCUT2D eigenvalue weighted by molar-refractivity contribution is -0.140. The summed E-state index contributed by atoms with van der Waals surface area (Å²) < 4.78 is 12.1. The van der Waals surface area contributed by atoms with Crippen LogP contribution in [0.4, 0.5) is 0 Å². The summed E-state index contributed by atoms with van der Waals surface area (Å²) in [6, 6.07) is 10.5. The van der Waals surface area contributed by atoms with E-state index in [1.807, 2.05) is 6.07 Å². The van der Waals surface area contributed by atoms with E-state index >= 15 is 0 Å². The number of hydrogen-bond acceptors (Lipinski definition) is 4. The number of aliphatic hydroxyl groups excluding tert-OH is 1. The molecule has 4 heteroatoms. The zero-order valence-corrected chi connectivity index (χ0v) is 16.0. The Bertz CT molecular complexity index is 491. The number of nitrogens with two attached hydrogens (primary N) is 1. The molecule has 0 amide bonds. The molecule has 3 N–H and O–H groups in total. The quantitative estimate of drug-likeness (QED) is 0.672. The lowest BCUT2D eigenvalue weighted by atomic mass is 9.66. The SMILES string of the molecule is COC1[C@H](C[C@@H](O)CN)[C@H](OCCCc2ccccc2)CCC1(C)C. The van der Waals surface area contributed by atoms with Gasteiger partial charge in [0.05, 0.1) is 18.3 Å². The number of methoxy groups -OCH3 is 1. The minimum absolute atomic E-state index is 0.0848. The third kappa shape index (κ3) is 5.78. The maximum Gasteiger partial charge on any atom is 0.0676 e. The van der Waals surface area contributed by atoms with Crippen LogP contribution in [0.5, 0.6) is 0 Å². The van der Waals surface area contributed by atoms with Crippen LogP contribution in [0.15, 0.2) is 30.3 Å². The van der Waals surface area contributed by atoms with Gasteiger partial charge in [-0.15, -0.1) is 0 Å². The van der Waals surface area contributed by atoms with Crippen LogP contribution in [0.2, 0.25) is 0 Å². The van der Waals surface area contributed by atoms with E-state index in [4.69, 9.17) is 15.2 Å². The average molecular weight is 350 g/mol. The molecule has 0 aromatic heterocycles. The molecule has 25 heavy (non-hydrogen) atoms. The zero-order valence-electron chi connectivity index (χ0n) is 16.0. The highest BCUT2D eigenvalue weighted by molar-refractivity contribution is 5.14. The maximum absolute atomic E-state index is 10.1. The molecule has 0 heterocycles. The van der Waals surface area contributed by atoms with Gasteiger partial charge in [0, 0.05) is 26.2 Å². The molecule has 0 bridgehead atoms. The Morgan fingerprint density at radius 3 is 2.64 bits per heavy atom. The van der Waals surface area contributed by atoms with Crippen molar-refractivity contribution < 1.29 is 14.6 Å². The number of benzene rings is 1. The predicted molar refractivity (Wildman–Crippen MR) is 101 cm³/mol. The summed E-state index contributed by atoms with van der Waals surface area (Å²) in [7, 11) is 1.77. The van der Waals surface area contributed by atoms with E-state index in [9.17, 15) is 5.11 Å². The van der Waals surface area contributed by atoms with Gasteiger partial charge in [-0.2, -0.15) is 0 Å². The number of aliphatic hydroxyl groups is 1. The van der Waals surface area contributed by atoms with Gasteiger partial charge >= 0.3 is 0 Å². The molecule has 1 fully saturated rings. The number of rotatable bonds is 9. The molecular formula is C21H35NO3. The highest BCUT2D eigenvalue weighted by atomic mass is 16.5. The van der Waals surface area contributed by atoms with Crippen molar-refractivity contribution in [3.05, 3.63) is 35.9 Å². The van der Waals surface area contributed by atoms with Crippen LogP contribution < -0.4 is 5.73 Å². The Balaban J connectivity index is 1.91. The van der Waals surface area contributed by atoms with E-state index in [0.29, 0.717) is 6.42 Å². The van der Waals surface area contributed by atoms with Crippen molar-refractivity contribution >= 4 is 0 Å². The summed E-state index contributed by atoms with van der Waals surface area (Å²) in [4.78, 5) is 0. The molecular weight excluding hydrogens is 314 g/mol. The summed E-state index contributed by atoms with van der Waals surface area (Å²) in [6.45, 7) is 5.52. The lowest BCUT2D eigenvalue weighted by Gasteiger charge is -2.47. The van der Waals surface area contributed by atoms with Gasteiger partial charge in [0.25, 0.3) is 0 Å². The molecule has 0 saturated heterocycles. The molecule has 1 aromatic carbocycles. The van der Waals surface area contributed by atoms with Crippen LogP contribution in [0, 0.1) is 11.3 Å². The fourth-order valence-electron chi connectivity index (χ4n) is 4.19. The van der Waals surface area contributed by atoms with Crippen molar-refractivity contribution in [3.63, 3.8) is 0 Å². The standard InChI is InChI=1S/C21H35NO3/c1-21(2)12-11-19(18(20(21)24-3)14-17(23)15-22)25-13-7-10-16-8-5-4-6-9-16/h4-6,8-9,17-20,23H,7,10-15,22H2,1-3H3/t17-,18-,19-,20?/m1/s1. The van der Waals surface area contributed by atoms with Crippen molar-refractivity contribution in [1.82, 2.24) is 0 Å². The molecule has 0 spiro atoms. The minimum atomic E-state index is -0.494. The van der Waals surface area contributed by atoms with E-state index in [0.717, 1.165) is 32.3 Å². The average Bonchev–Trinajstić information content (AvgIpc) is 2.61. The third-order valence-corrected chi connectivity index (χ3v) is 5.56. The van der Waals surface area contributed by atoms with Crippen LogP contribution in [0.25, 0.3) is 0 Å². The Hall–Kier alpha value is -0.940. The maximum atomic E-state index is 10.1. The Morgan fingerprint density at radius 1 is 1.28 bits per heavy atom. The number of ether oxygens (including phenoxy) is 2. The third-order valence-electron chi connectivity index (χ3n) is 5.56. The first-order chi connectivity index (χ1) is 12.0. The second kappa shape index (κ2) is 9.67. The van der Waals surface area contributed by atoms with Crippen LogP contribution >= 0.6 is 0 Å². The van der Waals surface area contributed by atoms with E-state index in [1.165, 1.54) is 5.56 Å². The molecule has 4 atom stereocenters. The normalized spacial score (nSPS) is 27.2. The molecule has 1 aliphatic rings. The second-order valence-electron chi connectivity index (χ2n) is 7.97. The van der Waals surface area contributed by atoms with Crippen LogP contribution in [0.3, 0.4) is 0 Å². The van der Waals surface area contributed by atoms with Crippen molar-refractivity contribution in [2.45, 2.75) is 64.3 Å². The molecule has 142 valence electrons. The highest BCUT2D eigenvalue weighted by Gasteiger charge is 2.45. The van der Waals surface area contributed by atoms with E-state index in [1.54, 1.807) is 7.11 Å². The second-order valence-corrected chi connectivity index (χ2v) is 7.97. The molecule has 0 radical (unpaired) electrons. The molecule has 1 aromatic rings. The largest absolute Gasteiger partial charge is 0.392 e. The van der Waals surface area contributed by atoms with Crippen LogP contribution in [-0.2, 0) is 15.9 Å². The summed E-state index contributed by atoms with van der Waals surface area (Å²) >= 11 is 0. The highest BCUT2D eigenvalue weighted by Crippen LogP contribution is 2.43. The van der Waals surface area contributed by atoms with Crippen molar-refractivity contribution in [3.8, 4) is 0 Å². The Labute approximate surface area is 152 Å². The smallest absolute Gasteiger partial charge is 0.0676 e. The Morgan fingerprint density at radius 2 is 2.00 bits per heavy atom. The molecule has 1 saturated carbocycles. The van der Waals surface area contributed by atoms with Crippen molar-refractivity contribution in [1.29, 1.82) is 0 Å². The van der Waals surface area contributed by atoms with Crippen molar-refractivity contribution in [2.75, 3.05) is 20.3 Å². The number of hydrogen-bond donors (Lipinski definition) is 2. The predicted octanol–water partition coefficient (Wildman–Crippen LogP) is 3.17.